The van der Waals surface area contributed by atoms with Crippen molar-refractivity contribution in [2.75, 3.05) is 21.3 Å². The zero-order chi connectivity index (χ0) is 89.2. The van der Waals surface area contributed by atoms with Gasteiger partial charge >= 0.3 is 0 Å². The first-order chi connectivity index (χ1) is 56.3. The number of anilines is 4. The predicted octanol–water partition coefficient (Wildman–Crippen LogP) is 31.0. The molecule has 0 atom stereocenters. The van der Waals surface area contributed by atoms with Gasteiger partial charge in [0.25, 0.3) is 0 Å². The van der Waals surface area contributed by atoms with Crippen LogP contribution < -0.4 is 21.3 Å². The maximum atomic E-state index is 13.6. The third kappa shape index (κ3) is 37.2. The van der Waals surface area contributed by atoms with E-state index in [0.717, 1.165) is 44.6 Å². The highest BCUT2D eigenvalue weighted by Crippen LogP contribution is 2.45. The number of nitrogens with one attached hydrogen (secondary N) is 4. The smallest absolute Gasteiger partial charge is 0.248 e. The maximum Gasteiger partial charge on any atom is 0.248 e. The summed E-state index contributed by atoms with van der Waals surface area (Å²) in [6.45, 7) is 49.0. The van der Waals surface area contributed by atoms with Gasteiger partial charge in [-0.15, -0.1) is 0 Å². The van der Waals surface area contributed by atoms with Crippen LogP contribution in [0.5, 0.6) is 11.5 Å². The number of carbonyl (C=O) groups excluding carboxylic acids is 4. The fourth-order valence-corrected chi connectivity index (χ4v) is 15.6. The van der Waals surface area contributed by atoms with Crippen molar-refractivity contribution in [1.29, 1.82) is 0 Å². The number of allylic oxidation sites excluding steroid dienone is 36. The Labute approximate surface area is 746 Å². The lowest BCUT2D eigenvalue weighted by Crippen LogP contribution is -2.19. The summed E-state index contributed by atoms with van der Waals surface area (Å²) in [7, 11) is 0. The summed E-state index contributed by atoms with van der Waals surface area (Å²) in [5.74, 6) is -0.952. The monoisotopic (exact) mass is 1770 g/mol. The molecule has 0 unspecified atom stereocenters. The third-order valence-corrected chi connectivity index (χ3v) is 23.3. The molecule has 0 aromatic heterocycles. The topological polar surface area (TPSA) is 157 Å². The van der Waals surface area contributed by atoms with E-state index >= 15 is 0 Å². The van der Waals surface area contributed by atoms with Crippen LogP contribution in [0.3, 0.4) is 0 Å². The van der Waals surface area contributed by atoms with E-state index in [1.807, 2.05) is 143 Å². The van der Waals surface area contributed by atoms with Crippen molar-refractivity contribution in [3.05, 3.63) is 339 Å². The number of hydrogen-bond donors (Lipinski definition) is 6. The van der Waals surface area contributed by atoms with Crippen LogP contribution in [0.4, 0.5) is 27.1 Å². The number of aromatic hydroxyl groups is 2. The van der Waals surface area contributed by atoms with E-state index in [2.05, 4.69) is 193 Å². The van der Waals surface area contributed by atoms with Crippen LogP contribution in [-0.2, 0) is 19.2 Å². The lowest BCUT2D eigenvalue weighted by Gasteiger charge is -2.33. The molecule has 0 spiro atoms. The molecular weight excluding hydrogens is 1630 g/mol. The Morgan fingerprint density at radius 2 is 0.678 bits per heavy atom. The molecule has 4 aromatic carbocycles. The van der Waals surface area contributed by atoms with E-state index in [1.54, 1.807) is 67.6 Å². The minimum absolute atomic E-state index is 0. The minimum Gasteiger partial charge on any atom is -0.507 e. The molecule has 121 heavy (non-hydrogen) atoms. The summed E-state index contributed by atoms with van der Waals surface area (Å²) < 4.78 is 14.3. The Morgan fingerprint density at radius 3 is 0.975 bits per heavy atom. The molecule has 4 aliphatic rings. The van der Waals surface area contributed by atoms with E-state index in [1.165, 1.54) is 151 Å². The highest BCUT2D eigenvalue weighted by molar-refractivity contribution is 14.1. The number of amides is 4. The first kappa shape index (κ1) is 103. The van der Waals surface area contributed by atoms with Crippen LogP contribution in [0, 0.1) is 51.8 Å². The Balaban J connectivity index is 0.000000338. The molecule has 4 amide bonds. The van der Waals surface area contributed by atoms with Crippen LogP contribution in [0.15, 0.2) is 308 Å². The van der Waals surface area contributed by atoms with Crippen molar-refractivity contribution in [2.45, 2.75) is 244 Å². The molecule has 13 heteroatoms. The molecule has 0 aliphatic heterocycles. The summed E-state index contributed by atoms with van der Waals surface area (Å²) >= 11 is 8.13. The molecule has 8 rings (SSSR count). The predicted molar refractivity (Wildman–Crippen MR) is 527 cm³/mol. The summed E-state index contributed by atoms with van der Waals surface area (Å²) in [5, 5.41) is 31.2. The summed E-state index contributed by atoms with van der Waals surface area (Å²) in [6.07, 6.45) is 62.5. The van der Waals surface area contributed by atoms with E-state index in [4.69, 9.17) is 11.6 Å². The number of rotatable bonds is 24. The summed E-state index contributed by atoms with van der Waals surface area (Å²) in [6, 6.07) is 20.3. The van der Waals surface area contributed by atoms with E-state index < -0.39 is 0 Å². The van der Waals surface area contributed by atoms with Gasteiger partial charge in [0.2, 0.25) is 23.6 Å². The zero-order valence-corrected chi connectivity index (χ0v) is 78.8. The van der Waals surface area contributed by atoms with Crippen LogP contribution >= 0.6 is 34.2 Å². The van der Waals surface area contributed by atoms with Gasteiger partial charge in [-0.05, 0) is 341 Å². The normalized spacial score (nSPS) is 17.7. The van der Waals surface area contributed by atoms with Crippen molar-refractivity contribution >= 4 is 80.6 Å². The van der Waals surface area contributed by atoms with Crippen molar-refractivity contribution in [1.82, 2.24) is 0 Å². The fourth-order valence-electron chi connectivity index (χ4n) is 14.9. The van der Waals surface area contributed by atoms with Crippen molar-refractivity contribution in [3.63, 3.8) is 0 Å². The number of halogens is 3. The molecule has 0 fully saturated rings. The highest BCUT2D eigenvalue weighted by atomic mass is 127. The molecule has 0 radical (unpaired) electrons. The molecule has 648 valence electrons. The molecular formula is C108H139ClFIN4O6. The molecule has 0 bridgehead atoms. The molecule has 10 nitrogen and oxygen atoms in total. The van der Waals surface area contributed by atoms with Gasteiger partial charge in [0, 0.05) is 46.4 Å². The summed E-state index contributed by atoms with van der Waals surface area (Å²) in [5.41, 5.74) is 25.6. The average molecular weight is 1770 g/mol. The second kappa shape index (κ2) is 49.9. The largest absolute Gasteiger partial charge is 0.507 e. The molecule has 0 heterocycles. The molecule has 6 N–H and O–H groups in total. The second-order valence-electron chi connectivity index (χ2n) is 35.3. The van der Waals surface area contributed by atoms with Gasteiger partial charge in [0.05, 0.1) is 9.26 Å². The van der Waals surface area contributed by atoms with Crippen LogP contribution in [0.1, 0.15) is 240 Å². The van der Waals surface area contributed by atoms with Gasteiger partial charge in [-0.1, -0.05) is 259 Å². The van der Waals surface area contributed by atoms with Crippen LogP contribution in [0.25, 0.3) is 0 Å². The number of aryl methyl sites for hydroxylation is 3. The van der Waals surface area contributed by atoms with Gasteiger partial charge in [0.1, 0.15) is 17.3 Å². The lowest BCUT2D eigenvalue weighted by atomic mass is 9.72. The lowest BCUT2D eigenvalue weighted by molar-refractivity contribution is -0.112. The Kier molecular flexibility index (Phi) is 42.6. The molecule has 4 aromatic rings. The number of benzene rings is 4. The molecule has 0 saturated carbocycles. The van der Waals surface area contributed by atoms with E-state index in [0.29, 0.717) is 36.9 Å². The first-order valence-corrected chi connectivity index (χ1v) is 43.5. The minimum atomic E-state index is -0.329. The molecule has 0 saturated heterocycles. The number of carbonyl (C=O) groups is 4. The van der Waals surface area contributed by atoms with E-state index in [9.17, 15) is 33.8 Å². The van der Waals surface area contributed by atoms with Crippen LogP contribution in [-0.4, -0.2) is 33.8 Å². The van der Waals surface area contributed by atoms with Crippen LogP contribution in [0.2, 0.25) is 5.02 Å². The van der Waals surface area contributed by atoms with Gasteiger partial charge in [0.15, 0.2) is 0 Å². The quantitative estimate of drug-likeness (QED) is 0.0135. The van der Waals surface area contributed by atoms with Gasteiger partial charge < -0.3 is 31.5 Å². The van der Waals surface area contributed by atoms with Crippen molar-refractivity contribution in [3.8, 4) is 11.5 Å². The van der Waals surface area contributed by atoms with E-state index in [-0.39, 0.29) is 70.0 Å². The average Bonchev–Trinajstić information content (AvgIpc) is 0.829. The van der Waals surface area contributed by atoms with Crippen molar-refractivity contribution < 1.29 is 33.8 Å². The Morgan fingerprint density at radius 1 is 0.380 bits per heavy atom. The fraction of sp³-hybridized carbons (Fsp3) is 0.370. The Hall–Kier alpha value is -9.89. The number of phenolic OH excluding ortho intramolecular Hbond substituents is 2. The third-order valence-electron chi connectivity index (χ3n) is 22.0. The number of hydrogen-bond acceptors (Lipinski definition) is 6. The molecule has 4 aliphatic carbocycles. The highest BCUT2D eigenvalue weighted by Gasteiger charge is 2.30. The second-order valence-corrected chi connectivity index (χ2v) is 36.8. The van der Waals surface area contributed by atoms with Gasteiger partial charge in [-0.25, -0.2) is 4.39 Å². The first-order valence-electron chi connectivity index (χ1n) is 42.0. The van der Waals surface area contributed by atoms with Gasteiger partial charge in [-0.2, -0.15) is 0 Å². The maximum absolute atomic E-state index is 13.6. The van der Waals surface area contributed by atoms with Crippen molar-refractivity contribution in [2.24, 2.45) is 21.7 Å². The van der Waals surface area contributed by atoms with Gasteiger partial charge in [-0.3, -0.25) is 19.2 Å². The SMILES string of the molecule is C.CC1=C(/C=C/C(C)=C/C=C/C(C)=C/C(=O)Nc2ccc(C)c(Cl)c2)C(C)(C)CCC1.CC1=C(/C=C/C(C)=C/C=C/C(C)=C/C(=O)Nc2ccc(C)c(F)c2)C(C)(C)CCC1.CC1=C(/C=C/C(C)=C/C=C/C(C)=C/C(=O)Nc2ccc(C)cc2O)C(C)(C)CCC1.CC1=C(/C=C/C(C)=C/C=C/C(C)=C/C(=O)Nc2ccc(O)c(I)c2)C(C)(C)CCC1. The standard InChI is InChI=1S/C27H34ClNO.C27H34FNO.C27H35NO2.C26H32INO2.CH4/c2*1-19(12-15-24-21(3)11-8-16-27(24,5)6)9-7-10-20(2)17-26(30)29-23-14-13-22(4)25(28)18-23;1-19(12-14-23-22(4)11-8-16-27(23,5)6)9-7-10-20(2)18-26(30)28-24-15-13-21(3)17-25(24)29;1-18(11-13-22-20(3)10-7-15-26(22,4)5)8-6-9-19(2)16-25(30)28-21-12-14-24(29)23(27)17-21;/h2*7,9-10,12-15,17-18H,8,11,16H2,1-6H3,(H,29,30);7,9-10,12-15,17-18,29H,8,11,16H2,1-6H3,(H,28,30);6,8-9,11-14,16-17,29H,7,10,15H2,1-5H3,(H,28,30);1H4/b2*10-7+,15-12+,19-9+,20-17+;10-7+,14-12+,19-9+,20-18+;9-6+,13-11+,18-8+,19-16+;. The number of phenols is 2. The summed E-state index contributed by atoms with van der Waals surface area (Å²) in [4.78, 5) is 48.6. The zero-order valence-electron chi connectivity index (χ0n) is 75.9. The Bertz CT molecular complexity index is 4650.